The fourth-order valence-electron chi connectivity index (χ4n) is 3.90. The molecule has 0 saturated carbocycles. The summed E-state index contributed by atoms with van der Waals surface area (Å²) < 4.78 is 10.8. The molecule has 6 heteroatoms. The molecule has 1 aromatic heterocycles. The van der Waals surface area contributed by atoms with E-state index in [0.717, 1.165) is 65.8 Å². The van der Waals surface area contributed by atoms with E-state index in [4.69, 9.17) is 14.5 Å². The van der Waals surface area contributed by atoms with Crippen LogP contribution in [0.4, 0.5) is 0 Å². The average molecular weight is 423 g/mol. The fraction of sp³-hybridized carbons (Fsp3) is 0.333. The van der Waals surface area contributed by atoms with Crippen molar-refractivity contribution in [3.8, 4) is 22.1 Å². The van der Waals surface area contributed by atoms with Crippen molar-refractivity contribution in [3.05, 3.63) is 65.2 Å². The quantitative estimate of drug-likeness (QED) is 0.506. The lowest BCUT2D eigenvalue weighted by Gasteiger charge is -2.30. The molecule has 0 amide bonds. The Morgan fingerprint density at radius 3 is 2.57 bits per heavy atom. The molecule has 1 fully saturated rings. The van der Waals surface area contributed by atoms with Gasteiger partial charge in [0.2, 0.25) is 0 Å². The van der Waals surface area contributed by atoms with Crippen molar-refractivity contribution in [1.29, 1.82) is 0 Å². The molecule has 30 heavy (non-hydrogen) atoms. The first kappa shape index (κ1) is 20.6. The number of carbonyl (C=O) groups is 1. The van der Waals surface area contributed by atoms with E-state index in [1.807, 2.05) is 48.5 Å². The van der Waals surface area contributed by atoms with Crippen LogP contribution in [0.5, 0.6) is 11.5 Å². The number of piperidine rings is 1. The summed E-state index contributed by atoms with van der Waals surface area (Å²) in [5.74, 6) is 1.92. The van der Waals surface area contributed by atoms with Gasteiger partial charge in [-0.15, -0.1) is 11.3 Å². The lowest BCUT2D eigenvalue weighted by molar-refractivity contribution is 0.0834. The fourth-order valence-corrected chi connectivity index (χ4v) is 4.74. The van der Waals surface area contributed by atoms with Gasteiger partial charge in [0.1, 0.15) is 16.5 Å². The maximum Gasteiger partial charge on any atom is 0.166 e. The molecule has 4 rings (SSSR count). The summed E-state index contributed by atoms with van der Waals surface area (Å²) in [6.45, 7) is 2.64. The van der Waals surface area contributed by atoms with Gasteiger partial charge >= 0.3 is 0 Å². The summed E-state index contributed by atoms with van der Waals surface area (Å²) in [6, 6.07) is 15.4. The first-order chi connectivity index (χ1) is 14.7. The summed E-state index contributed by atoms with van der Waals surface area (Å²) in [5, 5.41) is 3.05. The Hall–Kier alpha value is -2.70. The number of methoxy groups -OCH3 is 2. The second kappa shape index (κ2) is 9.41. The largest absolute Gasteiger partial charge is 0.497 e. The standard InChI is InChI=1S/C24H26N2O3S/c1-28-20-8-9-21(22(14-20)29-2)24-25-19(16-30-24)15-26-12-10-18(11-13-26)23(27)17-6-4-3-5-7-17/h3-9,14,16,18H,10-13,15H2,1-2H3. The highest BCUT2D eigenvalue weighted by Crippen LogP contribution is 2.35. The zero-order chi connectivity index (χ0) is 20.9. The summed E-state index contributed by atoms with van der Waals surface area (Å²) in [5.41, 5.74) is 2.86. The lowest BCUT2D eigenvalue weighted by Crippen LogP contribution is -2.36. The van der Waals surface area contributed by atoms with Gasteiger partial charge in [-0.25, -0.2) is 4.98 Å². The van der Waals surface area contributed by atoms with E-state index < -0.39 is 0 Å². The number of hydrogen-bond acceptors (Lipinski definition) is 6. The van der Waals surface area contributed by atoms with E-state index >= 15 is 0 Å². The maximum absolute atomic E-state index is 12.7. The Morgan fingerprint density at radius 1 is 1.10 bits per heavy atom. The highest BCUT2D eigenvalue weighted by molar-refractivity contribution is 7.13. The Balaban J connectivity index is 1.37. The van der Waals surface area contributed by atoms with E-state index in [0.29, 0.717) is 0 Å². The number of ether oxygens (including phenoxy) is 2. The number of benzene rings is 2. The Morgan fingerprint density at radius 2 is 1.87 bits per heavy atom. The molecule has 1 aliphatic heterocycles. The molecule has 156 valence electrons. The van der Waals surface area contributed by atoms with Gasteiger partial charge in [-0.3, -0.25) is 9.69 Å². The number of rotatable bonds is 7. The summed E-state index contributed by atoms with van der Waals surface area (Å²) in [7, 11) is 3.31. The number of thiazole rings is 1. The monoisotopic (exact) mass is 422 g/mol. The van der Waals surface area contributed by atoms with Crippen LogP contribution in [0.2, 0.25) is 0 Å². The van der Waals surface area contributed by atoms with Crippen LogP contribution in [0.25, 0.3) is 10.6 Å². The van der Waals surface area contributed by atoms with Crippen LogP contribution >= 0.6 is 11.3 Å². The molecule has 0 atom stereocenters. The molecule has 1 saturated heterocycles. The van der Waals surface area contributed by atoms with E-state index in [-0.39, 0.29) is 11.7 Å². The van der Waals surface area contributed by atoms with Crippen LogP contribution in [0.1, 0.15) is 28.9 Å². The van der Waals surface area contributed by atoms with E-state index in [9.17, 15) is 4.79 Å². The SMILES string of the molecule is COc1ccc(-c2nc(CN3CCC(C(=O)c4ccccc4)CC3)cs2)c(OC)c1. The normalized spacial score (nSPS) is 15.1. The lowest BCUT2D eigenvalue weighted by atomic mass is 9.89. The van der Waals surface area contributed by atoms with Crippen LogP contribution in [-0.4, -0.2) is 43.0 Å². The van der Waals surface area contributed by atoms with E-state index in [1.54, 1.807) is 25.6 Å². The molecule has 0 unspecified atom stereocenters. The molecule has 2 aromatic carbocycles. The molecule has 5 nitrogen and oxygen atoms in total. The first-order valence-electron chi connectivity index (χ1n) is 10.2. The van der Waals surface area contributed by atoms with Gasteiger partial charge in [-0.1, -0.05) is 30.3 Å². The molecule has 0 spiro atoms. The zero-order valence-corrected chi connectivity index (χ0v) is 18.2. The summed E-state index contributed by atoms with van der Waals surface area (Å²) in [4.78, 5) is 19.9. The van der Waals surface area contributed by atoms with Crippen molar-refractivity contribution < 1.29 is 14.3 Å². The van der Waals surface area contributed by atoms with Crippen LogP contribution < -0.4 is 9.47 Å². The van der Waals surface area contributed by atoms with Gasteiger partial charge in [0.25, 0.3) is 0 Å². The summed E-state index contributed by atoms with van der Waals surface area (Å²) >= 11 is 1.62. The molecule has 0 N–H and O–H groups in total. The van der Waals surface area contributed by atoms with Crippen molar-refractivity contribution in [2.24, 2.45) is 5.92 Å². The average Bonchev–Trinajstić information content (AvgIpc) is 3.27. The van der Waals surface area contributed by atoms with E-state index in [2.05, 4.69) is 10.3 Å². The number of carbonyl (C=O) groups excluding carboxylic acids is 1. The van der Waals surface area contributed by atoms with Gasteiger partial charge in [-0.05, 0) is 38.1 Å². The summed E-state index contributed by atoms with van der Waals surface area (Å²) in [6.07, 6.45) is 1.80. The number of ketones is 1. The second-order valence-corrected chi connectivity index (χ2v) is 8.35. The van der Waals surface area contributed by atoms with E-state index in [1.165, 1.54) is 0 Å². The number of nitrogens with zero attached hydrogens (tertiary/aromatic N) is 2. The van der Waals surface area contributed by atoms with Crippen molar-refractivity contribution in [2.75, 3.05) is 27.3 Å². The molecule has 0 bridgehead atoms. The maximum atomic E-state index is 12.7. The third kappa shape index (κ3) is 4.55. The van der Waals surface area contributed by atoms with Crippen molar-refractivity contribution in [1.82, 2.24) is 9.88 Å². The van der Waals surface area contributed by atoms with Crippen LogP contribution in [0.3, 0.4) is 0 Å². The molecule has 1 aliphatic rings. The van der Waals surface area contributed by atoms with Crippen molar-refractivity contribution >= 4 is 17.1 Å². The number of hydrogen-bond donors (Lipinski definition) is 0. The number of aromatic nitrogens is 1. The number of Topliss-reactive ketones (excluding diaryl/α,β-unsaturated/α-hetero) is 1. The van der Waals surface area contributed by atoms with Gasteiger partial charge < -0.3 is 9.47 Å². The highest BCUT2D eigenvalue weighted by atomic mass is 32.1. The third-order valence-corrected chi connectivity index (χ3v) is 6.52. The first-order valence-corrected chi connectivity index (χ1v) is 11.0. The Labute approximate surface area is 181 Å². The number of likely N-dealkylation sites (tertiary alicyclic amines) is 1. The predicted octanol–water partition coefficient (Wildman–Crippen LogP) is 4.92. The third-order valence-electron chi connectivity index (χ3n) is 5.59. The second-order valence-electron chi connectivity index (χ2n) is 7.49. The van der Waals surface area contributed by atoms with Crippen molar-refractivity contribution in [2.45, 2.75) is 19.4 Å². The zero-order valence-electron chi connectivity index (χ0n) is 17.3. The molecule has 0 radical (unpaired) electrons. The van der Waals surface area contributed by atoms with Gasteiger partial charge in [0, 0.05) is 29.5 Å². The van der Waals surface area contributed by atoms with Crippen LogP contribution in [-0.2, 0) is 6.54 Å². The van der Waals surface area contributed by atoms with Crippen LogP contribution in [0, 0.1) is 5.92 Å². The van der Waals surface area contributed by atoms with Gasteiger partial charge in [-0.2, -0.15) is 0 Å². The molecule has 3 aromatic rings. The molecular formula is C24H26N2O3S. The minimum Gasteiger partial charge on any atom is -0.497 e. The Bertz CT molecular complexity index is 995. The topological polar surface area (TPSA) is 51.7 Å². The smallest absolute Gasteiger partial charge is 0.166 e. The Kier molecular flexibility index (Phi) is 6.45. The highest BCUT2D eigenvalue weighted by Gasteiger charge is 2.26. The molecule has 0 aliphatic carbocycles. The molecule has 2 heterocycles. The van der Waals surface area contributed by atoms with Gasteiger partial charge in [0.05, 0.1) is 25.5 Å². The van der Waals surface area contributed by atoms with Gasteiger partial charge in [0.15, 0.2) is 5.78 Å². The van der Waals surface area contributed by atoms with Crippen LogP contribution in [0.15, 0.2) is 53.9 Å². The van der Waals surface area contributed by atoms with Crippen molar-refractivity contribution in [3.63, 3.8) is 0 Å². The minimum absolute atomic E-state index is 0.123. The predicted molar refractivity (Wildman–Crippen MR) is 119 cm³/mol. The minimum atomic E-state index is 0.123. The molecular weight excluding hydrogens is 396 g/mol.